The van der Waals surface area contributed by atoms with Gasteiger partial charge in [0.2, 0.25) is 6.79 Å². The zero-order valence-corrected chi connectivity index (χ0v) is 18.0. The van der Waals surface area contributed by atoms with Crippen LogP contribution < -0.4 is 14.2 Å². The lowest BCUT2D eigenvalue weighted by atomic mass is 10.0. The van der Waals surface area contributed by atoms with Gasteiger partial charge in [-0.25, -0.2) is 4.79 Å². The summed E-state index contributed by atoms with van der Waals surface area (Å²) >= 11 is 0. The Hall–Kier alpha value is -4.13. The molecule has 1 atom stereocenters. The molecule has 6 rings (SSSR count). The molecule has 164 valence electrons. The van der Waals surface area contributed by atoms with Crippen molar-refractivity contribution in [3.63, 3.8) is 0 Å². The highest BCUT2D eigenvalue weighted by Crippen LogP contribution is 2.35. The number of aryl methyl sites for hydroxylation is 1. The molecule has 0 saturated carbocycles. The van der Waals surface area contributed by atoms with Gasteiger partial charge in [-0.2, -0.15) is 14.3 Å². The molecule has 0 radical (unpaired) electrons. The van der Waals surface area contributed by atoms with Crippen LogP contribution in [0.4, 0.5) is 4.79 Å². The largest absolute Gasteiger partial charge is 0.501 e. The van der Waals surface area contributed by atoms with Crippen LogP contribution in [-0.4, -0.2) is 40.0 Å². The summed E-state index contributed by atoms with van der Waals surface area (Å²) in [6, 6.07) is 20.5. The first-order valence-corrected chi connectivity index (χ1v) is 10.8. The maximum atomic E-state index is 13.7. The van der Waals surface area contributed by atoms with Gasteiger partial charge in [-0.3, -0.25) is 0 Å². The van der Waals surface area contributed by atoms with Crippen molar-refractivity contribution in [2.75, 3.05) is 6.79 Å². The second-order valence-corrected chi connectivity index (χ2v) is 8.35. The summed E-state index contributed by atoms with van der Waals surface area (Å²) in [6.45, 7) is 2.64. The second kappa shape index (κ2) is 7.48. The van der Waals surface area contributed by atoms with Crippen LogP contribution in [0.5, 0.6) is 17.2 Å². The topological polar surface area (TPSA) is 68.1 Å². The molecule has 3 aromatic carbocycles. The quantitative estimate of drug-likeness (QED) is 0.578. The molecular formula is C26H21N2O5+. The van der Waals surface area contributed by atoms with Gasteiger partial charge in [-0.1, -0.05) is 48.0 Å². The number of fused-ring (bicyclic) bond motifs is 4. The third-order valence-electron chi connectivity index (χ3n) is 6.14. The number of hydrogen-bond donors (Lipinski definition) is 0. The highest BCUT2D eigenvalue weighted by molar-refractivity contribution is 6.21. The van der Waals surface area contributed by atoms with Crippen LogP contribution in [0.15, 0.2) is 66.7 Å². The Balaban J connectivity index is 1.41. The lowest BCUT2D eigenvalue weighted by molar-refractivity contribution is -0.457. The number of benzene rings is 3. The van der Waals surface area contributed by atoms with E-state index in [1.165, 1.54) is 4.90 Å². The number of ether oxygens (including phenoxy) is 3. The third kappa shape index (κ3) is 3.24. The van der Waals surface area contributed by atoms with Gasteiger partial charge in [0.25, 0.3) is 6.10 Å². The van der Waals surface area contributed by atoms with E-state index in [-0.39, 0.29) is 25.3 Å². The normalized spacial score (nSPS) is 18.3. The Morgan fingerprint density at radius 2 is 1.67 bits per heavy atom. The molecule has 0 spiro atoms. The predicted octanol–water partition coefficient (Wildman–Crippen LogP) is 3.65. The van der Waals surface area contributed by atoms with E-state index in [0.29, 0.717) is 29.5 Å². The monoisotopic (exact) mass is 441 g/mol. The number of para-hydroxylation sites is 1. The number of carbonyl (C=O) groups excluding carboxylic acids is 2. The highest BCUT2D eigenvalue weighted by atomic mass is 16.7. The molecule has 7 nitrogen and oxygen atoms in total. The summed E-state index contributed by atoms with van der Waals surface area (Å²) in [7, 11) is 0. The van der Waals surface area contributed by atoms with Gasteiger partial charge in [0, 0.05) is 0 Å². The van der Waals surface area contributed by atoms with Gasteiger partial charge >= 0.3 is 11.9 Å². The molecule has 1 unspecified atom stereocenters. The number of nitrogens with zero attached hydrogens (tertiary/aromatic N) is 2. The third-order valence-corrected chi connectivity index (χ3v) is 6.14. The summed E-state index contributed by atoms with van der Waals surface area (Å²) < 4.78 is 18.5. The van der Waals surface area contributed by atoms with Crippen LogP contribution in [-0.2, 0) is 17.9 Å². The van der Waals surface area contributed by atoms with Crippen LogP contribution in [0.1, 0.15) is 22.3 Å². The maximum absolute atomic E-state index is 13.7. The first-order chi connectivity index (χ1) is 16.1. The van der Waals surface area contributed by atoms with Gasteiger partial charge < -0.3 is 14.2 Å². The molecular weight excluding hydrogens is 420 g/mol. The van der Waals surface area contributed by atoms with Crippen molar-refractivity contribution in [3.8, 4) is 17.2 Å². The van der Waals surface area contributed by atoms with Crippen LogP contribution in [0, 0.1) is 6.92 Å². The Kier molecular flexibility index (Phi) is 4.43. The standard InChI is InChI=1S/C26H21N2O5/c1-16-6-8-17(9-7-16)13-27-23-19-4-2-3-5-20(19)33-24(23)25(29)28(26(27)30)14-18-10-11-21-22(12-18)32-15-31-21/h2-12,24H,13-15H2,1H3/q+1. The van der Waals surface area contributed by atoms with E-state index in [2.05, 4.69) is 0 Å². The van der Waals surface area contributed by atoms with E-state index in [1.54, 1.807) is 16.7 Å². The number of imide groups is 1. The molecule has 0 fully saturated rings. The van der Waals surface area contributed by atoms with Gasteiger partial charge in [0.1, 0.15) is 18.8 Å². The number of amides is 3. The van der Waals surface area contributed by atoms with Crippen LogP contribution in [0.25, 0.3) is 0 Å². The molecule has 3 heterocycles. The van der Waals surface area contributed by atoms with E-state index in [0.717, 1.165) is 22.3 Å². The minimum Gasteiger partial charge on any atom is -0.469 e. The Morgan fingerprint density at radius 1 is 0.909 bits per heavy atom. The van der Waals surface area contributed by atoms with Gasteiger partial charge in [0.15, 0.2) is 17.2 Å². The van der Waals surface area contributed by atoms with Crippen molar-refractivity contribution >= 4 is 17.6 Å². The summed E-state index contributed by atoms with van der Waals surface area (Å²) in [5.74, 6) is 1.50. The number of rotatable bonds is 4. The SMILES string of the molecule is Cc1ccc(C[N+]2=C3c4ccccc4OC3C(=O)N(Cc3ccc4c(c3)OCO4)C2=O)cc1. The molecule has 3 amide bonds. The fourth-order valence-corrected chi connectivity index (χ4v) is 4.44. The minimum absolute atomic E-state index is 0.113. The second-order valence-electron chi connectivity index (χ2n) is 8.35. The lowest BCUT2D eigenvalue weighted by Gasteiger charge is -2.24. The van der Waals surface area contributed by atoms with Crippen LogP contribution in [0.3, 0.4) is 0 Å². The Labute approximate surface area is 190 Å². The lowest BCUT2D eigenvalue weighted by Crippen LogP contribution is -2.57. The van der Waals surface area contributed by atoms with Crippen molar-refractivity contribution < 1.29 is 28.4 Å². The maximum Gasteiger partial charge on any atom is 0.501 e. The van der Waals surface area contributed by atoms with Crippen molar-refractivity contribution in [3.05, 3.63) is 89.0 Å². The molecule has 0 aliphatic carbocycles. The first kappa shape index (κ1) is 19.5. The van der Waals surface area contributed by atoms with E-state index in [1.807, 2.05) is 61.5 Å². The molecule has 3 aliphatic heterocycles. The molecule has 7 heteroatoms. The van der Waals surface area contributed by atoms with Crippen LogP contribution in [0.2, 0.25) is 0 Å². The fraction of sp³-hybridized carbons (Fsp3) is 0.192. The fourth-order valence-electron chi connectivity index (χ4n) is 4.44. The molecule has 33 heavy (non-hydrogen) atoms. The number of urea groups is 1. The summed E-state index contributed by atoms with van der Waals surface area (Å²) in [5, 5.41) is 0. The predicted molar refractivity (Wildman–Crippen MR) is 119 cm³/mol. The number of carbonyl (C=O) groups is 2. The Bertz CT molecular complexity index is 1330. The molecule has 0 bridgehead atoms. The van der Waals surface area contributed by atoms with Crippen molar-refractivity contribution in [2.24, 2.45) is 0 Å². The summed E-state index contributed by atoms with van der Waals surface area (Å²) in [6.07, 6.45) is -0.862. The van der Waals surface area contributed by atoms with Crippen molar-refractivity contribution in [2.45, 2.75) is 26.1 Å². The minimum atomic E-state index is -0.862. The summed E-state index contributed by atoms with van der Waals surface area (Å²) in [5.41, 5.74) is 4.27. The summed E-state index contributed by atoms with van der Waals surface area (Å²) in [4.78, 5) is 28.4. The molecule has 0 aromatic heterocycles. The van der Waals surface area contributed by atoms with Crippen molar-refractivity contribution in [1.82, 2.24) is 4.90 Å². The number of hydrogen-bond acceptors (Lipinski definition) is 5. The zero-order chi connectivity index (χ0) is 22.5. The molecule has 0 saturated heterocycles. The molecule has 3 aromatic rings. The van der Waals surface area contributed by atoms with Gasteiger partial charge in [-0.05, 0) is 42.3 Å². The first-order valence-electron chi connectivity index (χ1n) is 10.8. The highest BCUT2D eigenvalue weighted by Gasteiger charge is 2.53. The van der Waals surface area contributed by atoms with E-state index in [9.17, 15) is 9.59 Å². The average molecular weight is 441 g/mol. The molecule has 0 N–H and O–H groups in total. The smallest absolute Gasteiger partial charge is 0.469 e. The van der Waals surface area contributed by atoms with E-state index >= 15 is 0 Å². The van der Waals surface area contributed by atoms with Crippen LogP contribution >= 0.6 is 0 Å². The van der Waals surface area contributed by atoms with Gasteiger partial charge in [0.05, 0.1) is 5.56 Å². The zero-order valence-electron chi connectivity index (χ0n) is 18.0. The average Bonchev–Trinajstić information content (AvgIpc) is 3.45. The van der Waals surface area contributed by atoms with E-state index < -0.39 is 6.10 Å². The van der Waals surface area contributed by atoms with Crippen molar-refractivity contribution in [1.29, 1.82) is 0 Å². The Morgan fingerprint density at radius 3 is 2.52 bits per heavy atom. The van der Waals surface area contributed by atoms with Gasteiger partial charge in [-0.15, -0.1) is 0 Å². The molecule has 3 aliphatic rings. The van der Waals surface area contributed by atoms with E-state index in [4.69, 9.17) is 14.2 Å².